The first-order valence-corrected chi connectivity index (χ1v) is 6.24. The minimum atomic E-state index is -0.505. The second-order valence-corrected chi connectivity index (χ2v) is 4.48. The van der Waals surface area contributed by atoms with Crippen LogP contribution in [0.2, 0.25) is 0 Å². The van der Waals surface area contributed by atoms with Crippen molar-refractivity contribution in [1.29, 1.82) is 0 Å². The number of methoxy groups -OCH3 is 1. The van der Waals surface area contributed by atoms with Gasteiger partial charge >= 0.3 is 0 Å². The van der Waals surface area contributed by atoms with Gasteiger partial charge in [-0.05, 0) is 25.3 Å². The van der Waals surface area contributed by atoms with E-state index < -0.39 is 6.10 Å². The first-order valence-electron chi connectivity index (χ1n) is 6.24. The van der Waals surface area contributed by atoms with Crippen LogP contribution in [-0.4, -0.2) is 24.9 Å². The maximum Gasteiger partial charge on any atom is 0.124 e. The number of hydrogen-bond acceptors (Lipinski definition) is 3. The first kappa shape index (κ1) is 12.4. The minimum absolute atomic E-state index is 0.184. The van der Waals surface area contributed by atoms with Gasteiger partial charge in [-0.3, -0.25) is 0 Å². The molecule has 1 saturated heterocycles. The summed E-state index contributed by atoms with van der Waals surface area (Å²) in [7, 11) is 1.63. The lowest BCUT2D eigenvalue weighted by atomic mass is 9.98. The number of ether oxygens (including phenoxy) is 2. The predicted molar refractivity (Wildman–Crippen MR) is 66.2 cm³/mol. The van der Waals surface area contributed by atoms with Crippen molar-refractivity contribution in [2.75, 3.05) is 13.7 Å². The fraction of sp³-hybridized carbons (Fsp3) is 0.571. The highest BCUT2D eigenvalue weighted by Crippen LogP contribution is 2.30. The van der Waals surface area contributed by atoms with Gasteiger partial charge in [0.15, 0.2) is 0 Å². The molecule has 1 fully saturated rings. The van der Waals surface area contributed by atoms with Gasteiger partial charge in [0.25, 0.3) is 0 Å². The molecule has 1 aromatic carbocycles. The zero-order chi connectivity index (χ0) is 12.1. The molecular formula is C14H20O3. The zero-order valence-corrected chi connectivity index (χ0v) is 10.3. The van der Waals surface area contributed by atoms with Crippen molar-refractivity contribution in [3.05, 3.63) is 29.8 Å². The van der Waals surface area contributed by atoms with E-state index in [2.05, 4.69) is 0 Å². The van der Waals surface area contributed by atoms with Crippen molar-refractivity contribution < 1.29 is 14.6 Å². The summed E-state index contributed by atoms with van der Waals surface area (Å²) in [5, 5.41) is 10.2. The van der Waals surface area contributed by atoms with Crippen LogP contribution in [0.1, 0.15) is 37.4 Å². The Morgan fingerprint density at radius 3 is 2.94 bits per heavy atom. The summed E-state index contributed by atoms with van der Waals surface area (Å²) in [6.45, 7) is 0.823. The number of aliphatic hydroxyl groups excluding tert-OH is 1. The molecule has 94 valence electrons. The topological polar surface area (TPSA) is 38.7 Å². The minimum Gasteiger partial charge on any atom is -0.496 e. The third-order valence-electron chi connectivity index (χ3n) is 3.26. The molecule has 3 heteroatoms. The van der Waals surface area contributed by atoms with Gasteiger partial charge in [-0.1, -0.05) is 18.2 Å². The highest BCUT2D eigenvalue weighted by atomic mass is 16.5. The maximum absolute atomic E-state index is 10.2. The van der Waals surface area contributed by atoms with Crippen LogP contribution < -0.4 is 4.74 Å². The number of para-hydroxylation sites is 1. The molecule has 0 radical (unpaired) electrons. The van der Waals surface area contributed by atoms with Gasteiger partial charge < -0.3 is 14.6 Å². The molecule has 3 nitrogen and oxygen atoms in total. The quantitative estimate of drug-likeness (QED) is 0.873. The number of benzene rings is 1. The highest BCUT2D eigenvalue weighted by molar-refractivity contribution is 5.34. The van der Waals surface area contributed by atoms with Gasteiger partial charge in [0.1, 0.15) is 5.75 Å². The molecule has 1 heterocycles. The smallest absolute Gasteiger partial charge is 0.124 e. The van der Waals surface area contributed by atoms with E-state index in [1.807, 2.05) is 24.3 Å². The molecule has 0 aliphatic carbocycles. The molecule has 1 aromatic rings. The van der Waals surface area contributed by atoms with E-state index in [1.54, 1.807) is 7.11 Å². The summed E-state index contributed by atoms with van der Waals surface area (Å²) in [6, 6.07) is 7.61. The number of rotatable bonds is 4. The van der Waals surface area contributed by atoms with Crippen molar-refractivity contribution in [3.63, 3.8) is 0 Å². The molecule has 0 amide bonds. The summed E-state index contributed by atoms with van der Waals surface area (Å²) in [5.74, 6) is 0.746. The standard InChI is InChI=1S/C14H20O3/c1-16-14-8-3-2-7-12(14)13(15)10-11-6-4-5-9-17-11/h2-3,7-8,11,13,15H,4-6,9-10H2,1H3. The average Bonchev–Trinajstić information content (AvgIpc) is 2.40. The monoisotopic (exact) mass is 236 g/mol. The summed E-state index contributed by atoms with van der Waals surface area (Å²) in [5.41, 5.74) is 0.851. The molecule has 2 rings (SSSR count). The Bertz CT molecular complexity index is 345. The van der Waals surface area contributed by atoms with Crippen LogP contribution in [0.25, 0.3) is 0 Å². The molecule has 1 N–H and O–H groups in total. The summed E-state index contributed by atoms with van der Waals surface area (Å²) >= 11 is 0. The molecule has 0 bridgehead atoms. The third-order valence-corrected chi connectivity index (χ3v) is 3.26. The van der Waals surface area contributed by atoms with Crippen LogP contribution in [-0.2, 0) is 4.74 Å². The van der Waals surface area contributed by atoms with Crippen LogP contribution in [0.5, 0.6) is 5.75 Å². The van der Waals surface area contributed by atoms with Gasteiger partial charge in [0, 0.05) is 18.6 Å². The molecule has 2 atom stereocenters. The normalized spacial score (nSPS) is 22.1. The zero-order valence-electron chi connectivity index (χ0n) is 10.3. The van der Waals surface area contributed by atoms with E-state index in [0.29, 0.717) is 6.42 Å². The Morgan fingerprint density at radius 1 is 1.41 bits per heavy atom. The maximum atomic E-state index is 10.2. The fourth-order valence-corrected chi connectivity index (χ4v) is 2.31. The molecule has 17 heavy (non-hydrogen) atoms. The van der Waals surface area contributed by atoms with Crippen LogP contribution in [0.4, 0.5) is 0 Å². The molecule has 0 aromatic heterocycles. The van der Waals surface area contributed by atoms with Crippen LogP contribution in [0, 0.1) is 0 Å². The largest absolute Gasteiger partial charge is 0.496 e. The van der Waals surface area contributed by atoms with Gasteiger partial charge in [-0.25, -0.2) is 0 Å². The Labute approximate surface area is 102 Å². The lowest BCUT2D eigenvalue weighted by Gasteiger charge is -2.25. The summed E-state index contributed by atoms with van der Waals surface area (Å²) < 4.78 is 10.9. The molecule has 1 aliphatic rings. The van der Waals surface area contributed by atoms with Crippen molar-refractivity contribution in [3.8, 4) is 5.75 Å². The molecule has 0 spiro atoms. The van der Waals surface area contributed by atoms with Crippen molar-refractivity contribution in [2.45, 2.75) is 37.9 Å². The van der Waals surface area contributed by atoms with E-state index in [0.717, 1.165) is 30.8 Å². The molecule has 2 unspecified atom stereocenters. The van der Waals surface area contributed by atoms with Gasteiger partial charge in [0.2, 0.25) is 0 Å². The van der Waals surface area contributed by atoms with Gasteiger partial charge in [0.05, 0.1) is 19.3 Å². The van der Waals surface area contributed by atoms with E-state index in [1.165, 1.54) is 6.42 Å². The lowest BCUT2D eigenvalue weighted by Crippen LogP contribution is -2.21. The Morgan fingerprint density at radius 2 is 2.24 bits per heavy atom. The van der Waals surface area contributed by atoms with Crippen molar-refractivity contribution in [1.82, 2.24) is 0 Å². The third kappa shape index (κ3) is 3.20. The van der Waals surface area contributed by atoms with E-state index in [-0.39, 0.29) is 6.10 Å². The first-order chi connectivity index (χ1) is 8.31. The molecular weight excluding hydrogens is 216 g/mol. The summed E-state index contributed by atoms with van der Waals surface area (Å²) in [6.07, 6.45) is 3.72. The second kappa shape index (κ2) is 6.03. The van der Waals surface area contributed by atoms with E-state index >= 15 is 0 Å². The summed E-state index contributed by atoms with van der Waals surface area (Å²) in [4.78, 5) is 0. The van der Waals surface area contributed by atoms with Crippen LogP contribution in [0.3, 0.4) is 0 Å². The van der Waals surface area contributed by atoms with Gasteiger partial charge in [-0.15, -0.1) is 0 Å². The van der Waals surface area contributed by atoms with Crippen LogP contribution >= 0.6 is 0 Å². The highest BCUT2D eigenvalue weighted by Gasteiger charge is 2.20. The SMILES string of the molecule is COc1ccccc1C(O)CC1CCCCO1. The van der Waals surface area contributed by atoms with Crippen molar-refractivity contribution >= 4 is 0 Å². The fourth-order valence-electron chi connectivity index (χ4n) is 2.31. The lowest BCUT2D eigenvalue weighted by molar-refractivity contribution is -0.0158. The number of aliphatic hydroxyl groups is 1. The Kier molecular flexibility index (Phi) is 4.40. The molecule has 1 aliphatic heterocycles. The van der Waals surface area contributed by atoms with Crippen molar-refractivity contribution in [2.24, 2.45) is 0 Å². The van der Waals surface area contributed by atoms with Gasteiger partial charge in [-0.2, -0.15) is 0 Å². The Hall–Kier alpha value is -1.06. The van der Waals surface area contributed by atoms with Crippen LogP contribution in [0.15, 0.2) is 24.3 Å². The predicted octanol–water partition coefficient (Wildman–Crippen LogP) is 2.69. The average molecular weight is 236 g/mol. The Balaban J connectivity index is 2.00. The van der Waals surface area contributed by atoms with E-state index in [9.17, 15) is 5.11 Å². The second-order valence-electron chi connectivity index (χ2n) is 4.48. The molecule has 0 saturated carbocycles. The van der Waals surface area contributed by atoms with E-state index in [4.69, 9.17) is 9.47 Å². The number of hydrogen-bond donors (Lipinski definition) is 1.